The Morgan fingerprint density at radius 1 is 1.10 bits per heavy atom. The van der Waals surface area contributed by atoms with Crippen molar-refractivity contribution in [2.45, 2.75) is 31.6 Å². The molecular formula is C19H17F3N4O4. The molecule has 0 radical (unpaired) electrons. The van der Waals surface area contributed by atoms with E-state index in [4.69, 9.17) is 0 Å². The van der Waals surface area contributed by atoms with Crippen molar-refractivity contribution < 1.29 is 27.6 Å². The number of nitrogens with zero attached hydrogens (tertiary/aromatic N) is 2. The maximum atomic E-state index is 12.9. The first-order valence-electron chi connectivity index (χ1n) is 8.88. The lowest BCUT2D eigenvalue weighted by atomic mass is 9.87. The fourth-order valence-electron chi connectivity index (χ4n) is 3.23. The first-order chi connectivity index (χ1) is 14.1. The Labute approximate surface area is 168 Å². The van der Waals surface area contributed by atoms with Crippen LogP contribution >= 0.6 is 0 Å². The molecule has 2 aromatic rings. The highest BCUT2D eigenvalue weighted by molar-refractivity contribution is 6.08. The van der Waals surface area contributed by atoms with Crippen molar-refractivity contribution in [1.29, 1.82) is 0 Å². The van der Waals surface area contributed by atoms with E-state index in [2.05, 4.69) is 10.7 Å². The number of pyridine rings is 1. The minimum Gasteiger partial charge on any atom is -0.318 e. The molecule has 8 nitrogen and oxygen atoms in total. The van der Waals surface area contributed by atoms with Crippen LogP contribution in [0.3, 0.4) is 0 Å². The van der Waals surface area contributed by atoms with Gasteiger partial charge in [0, 0.05) is 6.20 Å². The molecule has 1 saturated heterocycles. The van der Waals surface area contributed by atoms with E-state index in [0.717, 1.165) is 12.3 Å². The maximum absolute atomic E-state index is 12.9. The standard InChI is InChI=1S/C19H17F3N4O4/c1-2-18(12-7-4-3-5-8-12)16(29)26(17(30)23-18)24-14(27)11-25-10-6-9-13(15(25)28)19(20,21)22/h3-10H,2,11H2,1H3,(H,23,30)(H,24,27). The number of nitrogens with one attached hydrogen (secondary N) is 2. The number of amides is 4. The van der Waals surface area contributed by atoms with Gasteiger partial charge in [-0.2, -0.15) is 18.2 Å². The molecule has 158 valence electrons. The van der Waals surface area contributed by atoms with Crippen LogP contribution in [0.5, 0.6) is 0 Å². The van der Waals surface area contributed by atoms with E-state index >= 15 is 0 Å². The van der Waals surface area contributed by atoms with Crippen molar-refractivity contribution in [1.82, 2.24) is 20.3 Å². The van der Waals surface area contributed by atoms with E-state index in [0.29, 0.717) is 21.2 Å². The second-order valence-corrected chi connectivity index (χ2v) is 6.58. The summed E-state index contributed by atoms with van der Waals surface area (Å²) in [5.41, 5.74) is -1.66. The molecule has 1 aromatic heterocycles. The molecule has 0 aliphatic carbocycles. The Morgan fingerprint density at radius 2 is 1.77 bits per heavy atom. The molecule has 3 rings (SSSR count). The number of aromatic nitrogens is 1. The van der Waals surface area contributed by atoms with Crippen LogP contribution in [0.2, 0.25) is 0 Å². The van der Waals surface area contributed by atoms with Gasteiger partial charge in [-0.05, 0) is 24.1 Å². The van der Waals surface area contributed by atoms with Gasteiger partial charge >= 0.3 is 12.2 Å². The summed E-state index contributed by atoms with van der Waals surface area (Å²) in [6.07, 6.45) is -3.68. The molecule has 30 heavy (non-hydrogen) atoms. The molecule has 2 N–H and O–H groups in total. The highest BCUT2D eigenvalue weighted by Gasteiger charge is 2.52. The molecule has 1 atom stereocenters. The zero-order valence-corrected chi connectivity index (χ0v) is 15.7. The monoisotopic (exact) mass is 422 g/mol. The van der Waals surface area contributed by atoms with E-state index in [-0.39, 0.29) is 6.42 Å². The van der Waals surface area contributed by atoms with Gasteiger partial charge < -0.3 is 9.88 Å². The summed E-state index contributed by atoms with van der Waals surface area (Å²) in [6.45, 7) is 0.864. The molecule has 1 aliphatic rings. The third kappa shape index (κ3) is 3.65. The summed E-state index contributed by atoms with van der Waals surface area (Å²) in [6, 6.07) is 9.09. The molecular weight excluding hydrogens is 405 g/mol. The number of carbonyl (C=O) groups excluding carboxylic acids is 3. The predicted octanol–water partition coefficient (Wildman–Crippen LogP) is 1.76. The number of rotatable bonds is 5. The van der Waals surface area contributed by atoms with Gasteiger partial charge in [-0.1, -0.05) is 37.3 Å². The van der Waals surface area contributed by atoms with Gasteiger partial charge in [0.2, 0.25) is 0 Å². The van der Waals surface area contributed by atoms with E-state index in [1.165, 1.54) is 0 Å². The van der Waals surface area contributed by atoms with E-state index in [1.54, 1.807) is 37.3 Å². The van der Waals surface area contributed by atoms with Crippen LogP contribution in [0, 0.1) is 0 Å². The number of imide groups is 1. The summed E-state index contributed by atoms with van der Waals surface area (Å²) in [5.74, 6) is -1.76. The minimum absolute atomic E-state index is 0.195. The van der Waals surface area contributed by atoms with E-state index in [1.807, 2.05) is 0 Å². The van der Waals surface area contributed by atoms with Gasteiger partial charge in [-0.3, -0.25) is 19.8 Å². The Balaban J connectivity index is 1.81. The van der Waals surface area contributed by atoms with Gasteiger partial charge in [0.25, 0.3) is 17.4 Å². The molecule has 0 spiro atoms. The van der Waals surface area contributed by atoms with Crippen molar-refractivity contribution in [3.63, 3.8) is 0 Å². The topological polar surface area (TPSA) is 101 Å². The smallest absolute Gasteiger partial charge is 0.318 e. The number of carbonyl (C=O) groups is 3. The summed E-state index contributed by atoms with van der Waals surface area (Å²) in [4.78, 5) is 49.5. The molecule has 2 heterocycles. The number of alkyl halides is 3. The molecule has 4 amide bonds. The third-order valence-electron chi connectivity index (χ3n) is 4.76. The van der Waals surface area contributed by atoms with Crippen LogP contribution in [0.1, 0.15) is 24.5 Å². The summed E-state index contributed by atoms with van der Waals surface area (Å²) in [7, 11) is 0. The summed E-state index contributed by atoms with van der Waals surface area (Å²) < 4.78 is 39.1. The number of hydrogen-bond donors (Lipinski definition) is 2. The Morgan fingerprint density at radius 3 is 2.37 bits per heavy atom. The lowest BCUT2D eigenvalue weighted by molar-refractivity contribution is -0.140. The average molecular weight is 422 g/mol. The van der Waals surface area contributed by atoms with Crippen LogP contribution in [0.25, 0.3) is 0 Å². The summed E-state index contributed by atoms with van der Waals surface area (Å²) in [5, 5.41) is 3.02. The zero-order chi connectivity index (χ0) is 22.1. The molecule has 1 aliphatic heterocycles. The number of urea groups is 1. The van der Waals surface area contributed by atoms with Gasteiger partial charge in [0.1, 0.15) is 17.6 Å². The quantitative estimate of drug-likeness (QED) is 0.717. The van der Waals surface area contributed by atoms with E-state index in [9.17, 15) is 32.3 Å². The van der Waals surface area contributed by atoms with Crippen molar-refractivity contribution >= 4 is 17.8 Å². The second kappa shape index (κ2) is 7.65. The molecule has 0 saturated carbocycles. The lowest BCUT2D eigenvalue weighted by Gasteiger charge is -2.25. The number of halogens is 3. The Kier molecular flexibility index (Phi) is 5.38. The first kappa shape index (κ1) is 21.1. The Hall–Kier alpha value is -3.63. The molecule has 1 fully saturated rings. The van der Waals surface area contributed by atoms with Crippen LogP contribution in [-0.2, 0) is 27.8 Å². The van der Waals surface area contributed by atoms with Crippen molar-refractivity contribution in [3.8, 4) is 0 Å². The largest absolute Gasteiger partial charge is 0.421 e. The van der Waals surface area contributed by atoms with Crippen molar-refractivity contribution in [2.24, 2.45) is 0 Å². The molecule has 1 aromatic carbocycles. The number of hydrogen-bond acceptors (Lipinski definition) is 4. The van der Waals surface area contributed by atoms with E-state index < -0.39 is 47.2 Å². The maximum Gasteiger partial charge on any atom is 0.421 e. The molecule has 1 unspecified atom stereocenters. The van der Waals surface area contributed by atoms with Gasteiger partial charge in [-0.25, -0.2) is 4.79 Å². The molecule has 11 heteroatoms. The van der Waals surface area contributed by atoms with Crippen LogP contribution in [-0.4, -0.2) is 27.4 Å². The molecule has 0 bridgehead atoms. The summed E-state index contributed by atoms with van der Waals surface area (Å²) >= 11 is 0. The number of hydrazine groups is 1. The SMILES string of the molecule is CCC1(c2ccccc2)NC(=O)N(NC(=O)Cn2cccc(C(F)(F)F)c2=O)C1=O. The van der Waals surface area contributed by atoms with Crippen LogP contribution in [0.4, 0.5) is 18.0 Å². The first-order valence-corrected chi connectivity index (χ1v) is 8.88. The minimum atomic E-state index is -4.88. The van der Waals surface area contributed by atoms with Gasteiger partial charge in [0.05, 0.1) is 0 Å². The van der Waals surface area contributed by atoms with Crippen LogP contribution in [0.15, 0.2) is 53.5 Å². The highest BCUT2D eigenvalue weighted by atomic mass is 19.4. The fourth-order valence-corrected chi connectivity index (χ4v) is 3.23. The normalized spacial score (nSPS) is 19.0. The highest BCUT2D eigenvalue weighted by Crippen LogP contribution is 2.31. The van der Waals surface area contributed by atoms with Gasteiger partial charge in [0.15, 0.2) is 0 Å². The average Bonchev–Trinajstić information content (AvgIpc) is 2.94. The third-order valence-corrected chi connectivity index (χ3v) is 4.76. The van der Waals surface area contributed by atoms with Crippen molar-refractivity contribution in [2.75, 3.05) is 0 Å². The predicted molar refractivity (Wildman–Crippen MR) is 97.6 cm³/mol. The second-order valence-electron chi connectivity index (χ2n) is 6.58. The van der Waals surface area contributed by atoms with Crippen molar-refractivity contribution in [3.05, 3.63) is 70.1 Å². The lowest BCUT2D eigenvalue weighted by Crippen LogP contribution is -2.50. The van der Waals surface area contributed by atoms with Crippen LogP contribution < -0.4 is 16.3 Å². The fraction of sp³-hybridized carbons (Fsp3) is 0.263. The Bertz CT molecular complexity index is 1050. The van der Waals surface area contributed by atoms with Gasteiger partial charge in [-0.15, -0.1) is 0 Å². The zero-order valence-electron chi connectivity index (χ0n) is 15.7. The number of benzene rings is 1.